The van der Waals surface area contributed by atoms with Crippen LogP contribution in [0.3, 0.4) is 0 Å². The molecule has 0 fully saturated rings. The Morgan fingerprint density at radius 3 is 3.00 bits per heavy atom. The molecule has 1 aromatic heterocycles. The molecule has 2 aromatic rings. The van der Waals surface area contributed by atoms with Gasteiger partial charge in [-0.2, -0.15) is 0 Å². The lowest BCUT2D eigenvalue weighted by Crippen LogP contribution is -2.22. The van der Waals surface area contributed by atoms with E-state index in [1.807, 2.05) is 31.2 Å². The van der Waals surface area contributed by atoms with E-state index in [-0.39, 0.29) is 12.5 Å². The molecule has 96 valence electrons. The van der Waals surface area contributed by atoms with Gasteiger partial charge in [0.05, 0.1) is 5.52 Å². The molecule has 1 aromatic carbocycles. The fraction of sp³-hybridized carbons (Fsp3) is 0.357. The highest BCUT2D eigenvalue weighted by molar-refractivity contribution is 6.35. The fourth-order valence-electron chi connectivity index (χ4n) is 1.86. The van der Waals surface area contributed by atoms with Crippen molar-refractivity contribution in [3.05, 3.63) is 41.0 Å². The number of aromatic nitrogens is 1. The Labute approximate surface area is 112 Å². The van der Waals surface area contributed by atoms with Crippen LogP contribution in [0.5, 0.6) is 0 Å². The Morgan fingerprint density at radius 1 is 1.39 bits per heavy atom. The number of hydrogen-bond donors (Lipinski definition) is 2. The van der Waals surface area contributed by atoms with Gasteiger partial charge in [0.25, 0.3) is 0 Å². The zero-order valence-electron chi connectivity index (χ0n) is 10.4. The Balaban J connectivity index is 2.16. The van der Waals surface area contributed by atoms with Crippen LogP contribution in [0.1, 0.15) is 12.5 Å². The summed E-state index contributed by atoms with van der Waals surface area (Å²) in [5, 5.41) is 14.0. The number of benzene rings is 1. The summed E-state index contributed by atoms with van der Waals surface area (Å²) < 4.78 is 0. The second-order valence-electron chi connectivity index (χ2n) is 4.52. The summed E-state index contributed by atoms with van der Waals surface area (Å²) in [6.45, 7) is 3.72. The van der Waals surface area contributed by atoms with E-state index in [4.69, 9.17) is 16.7 Å². The normalized spacial score (nSPS) is 12.8. The summed E-state index contributed by atoms with van der Waals surface area (Å²) in [6, 6.07) is 7.76. The van der Waals surface area contributed by atoms with Crippen molar-refractivity contribution < 1.29 is 5.11 Å². The summed E-state index contributed by atoms with van der Waals surface area (Å²) in [6.07, 6.45) is 1.78. The number of halogens is 1. The number of nitrogens with one attached hydrogen (secondary N) is 1. The maximum Gasteiger partial charge on any atom is 0.0761 e. The average molecular weight is 265 g/mol. The van der Waals surface area contributed by atoms with E-state index in [0.29, 0.717) is 0 Å². The van der Waals surface area contributed by atoms with Crippen LogP contribution in [-0.4, -0.2) is 23.2 Å². The van der Waals surface area contributed by atoms with Gasteiger partial charge in [-0.15, -0.1) is 0 Å². The molecule has 1 unspecified atom stereocenters. The second-order valence-corrected chi connectivity index (χ2v) is 4.93. The molecule has 0 saturated heterocycles. The first-order valence-corrected chi connectivity index (χ1v) is 6.44. The molecule has 0 aliphatic carbocycles. The first-order chi connectivity index (χ1) is 8.72. The van der Waals surface area contributed by atoms with Crippen molar-refractivity contribution in [2.24, 2.45) is 5.92 Å². The number of fused-ring (bicyclic) bond motifs is 1. The van der Waals surface area contributed by atoms with E-state index in [1.165, 1.54) is 0 Å². The van der Waals surface area contributed by atoms with Crippen LogP contribution in [0.25, 0.3) is 10.9 Å². The molecule has 0 amide bonds. The molecule has 18 heavy (non-hydrogen) atoms. The summed E-state index contributed by atoms with van der Waals surface area (Å²) in [5.74, 6) is 0.261. The van der Waals surface area contributed by atoms with Crippen molar-refractivity contribution in [1.82, 2.24) is 10.3 Å². The Morgan fingerprint density at radius 2 is 2.22 bits per heavy atom. The third kappa shape index (κ3) is 2.99. The summed E-state index contributed by atoms with van der Waals surface area (Å²) in [4.78, 5) is 4.39. The molecular formula is C14H17ClN2O. The van der Waals surface area contributed by atoms with Gasteiger partial charge in [-0.25, -0.2) is 0 Å². The molecule has 0 spiro atoms. The Bertz CT molecular complexity index is 530. The van der Waals surface area contributed by atoms with Crippen molar-refractivity contribution >= 4 is 22.5 Å². The third-order valence-electron chi connectivity index (χ3n) is 2.92. The minimum atomic E-state index is 0.201. The largest absolute Gasteiger partial charge is 0.396 e. The minimum Gasteiger partial charge on any atom is -0.396 e. The van der Waals surface area contributed by atoms with Crippen molar-refractivity contribution in [2.75, 3.05) is 13.2 Å². The third-order valence-corrected chi connectivity index (χ3v) is 3.25. The Kier molecular flexibility index (Phi) is 4.53. The molecule has 0 saturated carbocycles. The van der Waals surface area contributed by atoms with Crippen LogP contribution >= 0.6 is 11.6 Å². The molecule has 0 bridgehead atoms. The fourth-order valence-corrected chi connectivity index (χ4v) is 2.07. The van der Waals surface area contributed by atoms with Gasteiger partial charge in [0.15, 0.2) is 0 Å². The summed E-state index contributed by atoms with van der Waals surface area (Å²) in [7, 11) is 0. The lowest BCUT2D eigenvalue weighted by Gasteiger charge is -2.11. The zero-order chi connectivity index (χ0) is 13.0. The highest BCUT2D eigenvalue weighted by Crippen LogP contribution is 2.24. The van der Waals surface area contributed by atoms with Crippen molar-refractivity contribution in [3.8, 4) is 0 Å². The predicted molar refractivity (Wildman–Crippen MR) is 74.7 cm³/mol. The summed E-state index contributed by atoms with van der Waals surface area (Å²) >= 11 is 6.14. The van der Waals surface area contributed by atoms with E-state index < -0.39 is 0 Å². The van der Waals surface area contributed by atoms with Crippen molar-refractivity contribution in [3.63, 3.8) is 0 Å². The van der Waals surface area contributed by atoms with Crippen LogP contribution in [0.15, 0.2) is 30.5 Å². The second kappa shape index (κ2) is 6.14. The van der Waals surface area contributed by atoms with Crippen LogP contribution in [0.2, 0.25) is 5.02 Å². The van der Waals surface area contributed by atoms with Gasteiger partial charge in [0.1, 0.15) is 0 Å². The van der Waals surface area contributed by atoms with Gasteiger partial charge in [-0.1, -0.05) is 24.6 Å². The van der Waals surface area contributed by atoms with Crippen LogP contribution < -0.4 is 5.32 Å². The average Bonchev–Trinajstić information content (AvgIpc) is 2.41. The first kappa shape index (κ1) is 13.3. The number of rotatable bonds is 5. The number of hydrogen-bond acceptors (Lipinski definition) is 3. The van der Waals surface area contributed by atoms with Gasteiger partial charge in [0, 0.05) is 36.3 Å². The number of aliphatic hydroxyl groups is 1. The first-order valence-electron chi connectivity index (χ1n) is 6.06. The van der Waals surface area contributed by atoms with Crippen LogP contribution in [-0.2, 0) is 6.54 Å². The molecule has 4 heteroatoms. The highest BCUT2D eigenvalue weighted by Gasteiger charge is 2.06. The van der Waals surface area contributed by atoms with E-state index in [2.05, 4.69) is 10.3 Å². The van der Waals surface area contributed by atoms with E-state index in [0.717, 1.165) is 34.6 Å². The Hall–Kier alpha value is -1.16. The van der Waals surface area contributed by atoms with Gasteiger partial charge in [-0.3, -0.25) is 4.98 Å². The maximum absolute atomic E-state index is 8.97. The molecule has 3 nitrogen and oxygen atoms in total. The van der Waals surface area contributed by atoms with Crippen LogP contribution in [0, 0.1) is 5.92 Å². The van der Waals surface area contributed by atoms with E-state index in [1.54, 1.807) is 6.20 Å². The molecule has 1 atom stereocenters. The van der Waals surface area contributed by atoms with E-state index in [9.17, 15) is 0 Å². The quantitative estimate of drug-likeness (QED) is 0.873. The minimum absolute atomic E-state index is 0.201. The number of nitrogens with zero attached hydrogens (tertiary/aromatic N) is 1. The van der Waals surface area contributed by atoms with Crippen LogP contribution in [0.4, 0.5) is 0 Å². The predicted octanol–water partition coefficient (Wildman–Crippen LogP) is 2.61. The van der Waals surface area contributed by atoms with Crippen molar-refractivity contribution in [1.29, 1.82) is 0 Å². The van der Waals surface area contributed by atoms with Crippen molar-refractivity contribution in [2.45, 2.75) is 13.5 Å². The molecule has 0 aliphatic rings. The van der Waals surface area contributed by atoms with Gasteiger partial charge in [-0.05, 0) is 29.7 Å². The molecule has 1 heterocycles. The SMILES string of the molecule is CC(CO)CNCc1ccc(Cl)c2cccnc12. The number of pyridine rings is 1. The molecule has 0 radical (unpaired) electrons. The smallest absolute Gasteiger partial charge is 0.0761 e. The van der Waals surface area contributed by atoms with E-state index >= 15 is 0 Å². The standard InChI is InChI=1S/C14H17ClN2O/c1-10(9-18)7-16-8-11-4-5-13(15)12-3-2-6-17-14(11)12/h2-6,10,16,18H,7-9H2,1H3. The lowest BCUT2D eigenvalue weighted by molar-refractivity contribution is 0.233. The molecular weight excluding hydrogens is 248 g/mol. The topological polar surface area (TPSA) is 45.1 Å². The maximum atomic E-state index is 8.97. The summed E-state index contributed by atoms with van der Waals surface area (Å²) in [5.41, 5.74) is 2.06. The van der Waals surface area contributed by atoms with Gasteiger partial charge in [0.2, 0.25) is 0 Å². The van der Waals surface area contributed by atoms with Gasteiger partial charge < -0.3 is 10.4 Å². The molecule has 0 aliphatic heterocycles. The monoisotopic (exact) mass is 264 g/mol. The number of aliphatic hydroxyl groups excluding tert-OH is 1. The zero-order valence-corrected chi connectivity index (χ0v) is 11.1. The highest BCUT2D eigenvalue weighted by atomic mass is 35.5. The lowest BCUT2D eigenvalue weighted by atomic mass is 10.1. The molecule has 2 rings (SSSR count). The molecule has 2 N–H and O–H groups in total. The van der Waals surface area contributed by atoms with Gasteiger partial charge >= 0.3 is 0 Å².